The van der Waals surface area contributed by atoms with E-state index < -0.39 is 0 Å². The van der Waals surface area contributed by atoms with Crippen LogP contribution in [-0.4, -0.2) is 24.4 Å². The maximum atomic E-state index is 6.19. The second-order valence-corrected chi connectivity index (χ2v) is 5.31. The van der Waals surface area contributed by atoms with E-state index in [1.807, 2.05) is 6.07 Å². The number of hydroxylamine groups is 1. The van der Waals surface area contributed by atoms with Crippen molar-refractivity contribution in [3.8, 4) is 0 Å². The van der Waals surface area contributed by atoms with Gasteiger partial charge in [0.05, 0.1) is 11.7 Å². The lowest BCUT2D eigenvalue weighted by Crippen LogP contribution is -2.39. The van der Waals surface area contributed by atoms with E-state index in [-0.39, 0.29) is 17.8 Å². The number of fused-ring (bicyclic) bond motifs is 1. The number of nitrogens with one attached hydrogen (secondary N) is 1. The van der Waals surface area contributed by atoms with Crippen LogP contribution >= 0.6 is 0 Å². The molecule has 2 fully saturated rings. The molecule has 92 valence electrons. The van der Waals surface area contributed by atoms with Gasteiger partial charge in [-0.25, -0.2) is 5.48 Å². The highest BCUT2D eigenvalue weighted by Gasteiger charge is 2.45. The molecular weight excluding hydrogens is 214 g/mol. The normalized spacial score (nSPS) is 36.8. The molecule has 0 spiro atoms. The first-order chi connectivity index (χ1) is 8.25. The van der Waals surface area contributed by atoms with Gasteiger partial charge in [-0.2, -0.15) is 0 Å². The van der Waals surface area contributed by atoms with Crippen LogP contribution in [-0.2, 0) is 16.0 Å². The maximum Gasteiger partial charge on any atom is 0.108 e. The zero-order chi connectivity index (χ0) is 11.7. The van der Waals surface area contributed by atoms with Crippen molar-refractivity contribution >= 4 is 0 Å². The van der Waals surface area contributed by atoms with Gasteiger partial charge in [-0.05, 0) is 18.9 Å². The Morgan fingerprint density at radius 1 is 1.29 bits per heavy atom. The highest BCUT2D eigenvalue weighted by Crippen LogP contribution is 2.37. The van der Waals surface area contributed by atoms with Gasteiger partial charge < -0.3 is 4.74 Å². The largest absolute Gasteiger partial charge is 0.369 e. The van der Waals surface area contributed by atoms with Gasteiger partial charge in [0.25, 0.3) is 0 Å². The lowest BCUT2D eigenvalue weighted by Gasteiger charge is -2.25. The summed E-state index contributed by atoms with van der Waals surface area (Å²) in [5, 5.41) is 0. The first-order valence-corrected chi connectivity index (χ1v) is 6.35. The predicted molar refractivity (Wildman–Crippen MR) is 65.5 cm³/mol. The van der Waals surface area contributed by atoms with E-state index in [0.29, 0.717) is 0 Å². The zero-order valence-electron chi connectivity index (χ0n) is 10.2. The molecule has 1 aromatic carbocycles. The highest BCUT2D eigenvalue weighted by molar-refractivity contribution is 5.17. The van der Waals surface area contributed by atoms with E-state index in [1.54, 1.807) is 0 Å². The molecule has 3 nitrogen and oxygen atoms in total. The smallest absolute Gasteiger partial charge is 0.108 e. The van der Waals surface area contributed by atoms with Crippen molar-refractivity contribution in [3.05, 3.63) is 35.9 Å². The molecule has 0 aliphatic carbocycles. The molecule has 3 unspecified atom stereocenters. The van der Waals surface area contributed by atoms with Crippen molar-refractivity contribution in [2.45, 2.75) is 44.0 Å². The third-order valence-corrected chi connectivity index (χ3v) is 3.67. The Morgan fingerprint density at radius 3 is 2.88 bits per heavy atom. The van der Waals surface area contributed by atoms with Crippen LogP contribution < -0.4 is 5.48 Å². The third kappa shape index (κ3) is 2.37. The molecule has 2 saturated heterocycles. The van der Waals surface area contributed by atoms with Crippen LogP contribution in [0.5, 0.6) is 0 Å². The van der Waals surface area contributed by atoms with Crippen molar-refractivity contribution in [1.29, 1.82) is 0 Å². The van der Waals surface area contributed by atoms with E-state index in [1.165, 1.54) is 5.56 Å². The van der Waals surface area contributed by atoms with Crippen LogP contribution in [0.15, 0.2) is 30.3 Å². The lowest BCUT2D eigenvalue weighted by atomic mass is 9.92. The Hall–Kier alpha value is -0.900. The van der Waals surface area contributed by atoms with Crippen LogP contribution in [0, 0.1) is 0 Å². The molecule has 1 N–H and O–H groups in total. The Balaban J connectivity index is 1.71. The molecule has 0 amide bonds. The zero-order valence-corrected chi connectivity index (χ0v) is 10.2. The van der Waals surface area contributed by atoms with Crippen LogP contribution in [0.1, 0.15) is 25.3 Å². The molecule has 3 atom stereocenters. The molecule has 0 radical (unpaired) electrons. The number of ether oxygens (including phenoxy) is 1. The summed E-state index contributed by atoms with van der Waals surface area (Å²) in [4.78, 5) is 5.56. The molecule has 1 aromatic rings. The minimum atomic E-state index is -0.0806. The fourth-order valence-electron chi connectivity index (χ4n) is 2.92. The SMILES string of the molecule is CC1(Cc2ccccc2)CC2ONCCC2O1. The van der Waals surface area contributed by atoms with Gasteiger partial charge in [0.15, 0.2) is 0 Å². The molecular formula is C14H19NO2. The predicted octanol–water partition coefficient (Wildman–Crippen LogP) is 2.07. The van der Waals surface area contributed by atoms with Crippen LogP contribution in [0.25, 0.3) is 0 Å². The number of hydrogen-bond acceptors (Lipinski definition) is 3. The van der Waals surface area contributed by atoms with E-state index in [2.05, 4.69) is 36.7 Å². The Morgan fingerprint density at radius 2 is 2.12 bits per heavy atom. The summed E-state index contributed by atoms with van der Waals surface area (Å²) in [6, 6.07) is 10.5. The molecule has 0 bridgehead atoms. The lowest BCUT2D eigenvalue weighted by molar-refractivity contribution is -0.111. The maximum absolute atomic E-state index is 6.19. The summed E-state index contributed by atoms with van der Waals surface area (Å²) < 4.78 is 6.19. The molecule has 2 aliphatic heterocycles. The Labute approximate surface area is 102 Å². The average Bonchev–Trinajstić information content (AvgIpc) is 2.66. The molecule has 3 rings (SSSR count). The quantitative estimate of drug-likeness (QED) is 0.848. The van der Waals surface area contributed by atoms with E-state index >= 15 is 0 Å². The van der Waals surface area contributed by atoms with Gasteiger partial charge in [-0.15, -0.1) is 0 Å². The molecule has 2 heterocycles. The average molecular weight is 233 g/mol. The number of benzene rings is 1. The number of hydrogen-bond donors (Lipinski definition) is 1. The fourth-order valence-corrected chi connectivity index (χ4v) is 2.92. The standard InChI is InChI=1S/C14H19NO2/c1-14(9-11-5-3-2-4-6-11)10-13-12(16-14)7-8-15-17-13/h2-6,12-13,15H,7-10H2,1H3. The van der Waals surface area contributed by atoms with Crippen molar-refractivity contribution in [2.75, 3.05) is 6.54 Å². The minimum Gasteiger partial charge on any atom is -0.369 e. The topological polar surface area (TPSA) is 30.5 Å². The number of rotatable bonds is 2. The van der Waals surface area contributed by atoms with Crippen LogP contribution in [0.4, 0.5) is 0 Å². The molecule has 3 heteroatoms. The van der Waals surface area contributed by atoms with Gasteiger partial charge in [0.2, 0.25) is 0 Å². The first kappa shape index (κ1) is 11.2. The van der Waals surface area contributed by atoms with Crippen molar-refractivity contribution in [1.82, 2.24) is 5.48 Å². The summed E-state index contributed by atoms with van der Waals surface area (Å²) in [7, 11) is 0. The Kier molecular flexibility index (Phi) is 2.90. The molecule has 2 aliphatic rings. The molecule has 17 heavy (non-hydrogen) atoms. The monoisotopic (exact) mass is 233 g/mol. The van der Waals surface area contributed by atoms with Crippen LogP contribution in [0.2, 0.25) is 0 Å². The van der Waals surface area contributed by atoms with Gasteiger partial charge in [-0.3, -0.25) is 4.84 Å². The van der Waals surface area contributed by atoms with Gasteiger partial charge in [0, 0.05) is 19.4 Å². The van der Waals surface area contributed by atoms with Crippen LogP contribution in [0.3, 0.4) is 0 Å². The Bertz CT molecular complexity index is 365. The van der Waals surface area contributed by atoms with Crippen molar-refractivity contribution < 1.29 is 9.57 Å². The first-order valence-electron chi connectivity index (χ1n) is 6.35. The summed E-state index contributed by atoms with van der Waals surface area (Å²) in [6.45, 7) is 3.09. The van der Waals surface area contributed by atoms with Gasteiger partial charge in [-0.1, -0.05) is 30.3 Å². The second-order valence-electron chi connectivity index (χ2n) is 5.31. The summed E-state index contributed by atoms with van der Waals surface area (Å²) >= 11 is 0. The van der Waals surface area contributed by atoms with Gasteiger partial charge >= 0.3 is 0 Å². The van der Waals surface area contributed by atoms with Crippen molar-refractivity contribution in [3.63, 3.8) is 0 Å². The van der Waals surface area contributed by atoms with E-state index in [0.717, 1.165) is 25.8 Å². The highest BCUT2D eigenvalue weighted by atomic mass is 16.7. The summed E-state index contributed by atoms with van der Waals surface area (Å²) in [5.74, 6) is 0. The second kappa shape index (κ2) is 4.41. The van der Waals surface area contributed by atoms with E-state index in [4.69, 9.17) is 9.57 Å². The van der Waals surface area contributed by atoms with E-state index in [9.17, 15) is 0 Å². The third-order valence-electron chi connectivity index (χ3n) is 3.67. The fraction of sp³-hybridized carbons (Fsp3) is 0.571. The molecule has 0 saturated carbocycles. The van der Waals surface area contributed by atoms with Gasteiger partial charge in [0.1, 0.15) is 6.10 Å². The minimum absolute atomic E-state index is 0.0806. The summed E-state index contributed by atoms with van der Waals surface area (Å²) in [6.07, 6.45) is 3.47. The summed E-state index contributed by atoms with van der Waals surface area (Å²) in [5.41, 5.74) is 4.23. The van der Waals surface area contributed by atoms with Crippen molar-refractivity contribution in [2.24, 2.45) is 0 Å². The molecule has 0 aromatic heterocycles.